The number of nitrogens with zero attached hydrogens (tertiary/aromatic N) is 2. The van der Waals surface area contributed by atoms with Gasteiger partial charge in [0.05, 0.1) is 4.92 Å². The maximum Gasteiger partial charge on any atom is 0.273 e. The highest BCUT2D eigenvalue weighted by Crippen LogP contribution is 2.42. The van der Waals surface area contributed by atoms with Crippen molar-refractivity contribution in [3.63, 3.8) is 0 Å². The monoisotopic (exact) mass is 440 g/mol. The lowest BCUT2D eigenvalue weighted by molar-refractivity contribution is -0.384. The first kappa shape index (κ1) is 21.1. The standard InChI is InChI=1S/C21H20N4O7/c26-13-9-18(27)20(19(10-13)32-14-3-1-12(2-4-14)25(29)30)15-11-22-7-5-16(15)23-21(28)17-6-8-31-24-17/h1-4,6,8-10,15-16,22,26-27H,5,7,11H2,(H,23,28). The van der Waals surface area contributed by atoms with Crippen LogP contribution in [0.1, 0.15) is 28.4 Å². The van der Waals surface area contributed by atoms with Crippen molar-refractivity contribution < 1.29 is 29.2 Å². The van der Waals surface area contributed by atoms with Crippen molar-refractivity contribution in [2.24, 2.45) is 0 Å². The Morgan fingerprint density at radius 1 is 1.25 bits per heavy atom. The number of carbonyl (C=O) groups is 1. The minimum absolute atomic E-state index is 0.0940. The second-order valence-corrected chi connectivity index (χ2v) is 7.29. The van der Waals surface area contributed by atoms with Crippen LogP contribution in [0, 0.1) is 10.1 Å². The van der Waals surface area contributed by atoms with Gasteiger partial charge in [0.25, 0.3) is 11.6 Å². The topological polar surface area (TPSA) is 160 Å². The molecule has 2 unspecified atom stereocenters. The van der Waals surface area contributed by atoms with E-state index in [2.05, 4.69) is 15.8 Å². The Balaban J connectivity index is 1.64. The average Bonchev–Trinajstić information content (AvgIpc) is 3.30. The third-order valence-electron chi connectivity index (χ3n) is 5.22. The number of non-ortho nitro benzene ring substituents is 1. The number of phenols is 2. The second-order valence-electron chi connectivity index (χ2n) is 7.29. The molecule has 1 aromatic heterocycles. The number of piperidine rings is 1. The number of carbonyl (C=O) groups excluding carboxylic acids is 1. The molecule has 0 bridgehead atoms. The molecule has 0 saturated carbocycles. The number of phenolic OH excluding ortho intramolecular Hbond substituents is 2. The van der Waals surface area contributed by atoms with Crippen LogP contribution in [-0.2, 0) is 0 Å². The van der Waals surface area contributed by atoms with Crippen molar-refractivity contribution in [1.82, 2.24) is 15.8 Å². The van der Waals surface area contributed by atoms with E-state index in [0.29, 0.717) is 25.1 Å². The van der Waals surface area contributed by atoms with E-state index in [1.54, 1.807) is 0 Å². The van der Waals surface area contributed by atoms with Gasteiger partial charge in [0.2, 0.25) is 0 Å². The van der Waals surface area contributed by atoms with Crippen LogP contribution in [0.5, 0.6) is 23.0 Å². The lowest BCUT2D eigenvalue weighted by Gasteiger charge is -2.34. The Hall–Kier alpha value is -4.12. The molecule has 0 radical (unpaired) electrons. The van der Waals surface area contributed by atoms with Crippen molar-refractivity contribution in [2.75, 3.05) is 13.1 Å². The highest BCUT2D eigenvalue weighted by molar-refractivity contribution is 5.92. The number of aromatic nitrogens is 1. The van der Waals surface area contributed by atoms with E-state index in [-0.39, 0.29) is 40.4 Å². The van der Waals surface area contributed by atoms with E-state index in [9.17, 15) is 25.1 Å². The van der Waals surface area contributed by atoms with Gasteiger partial charge in [0.1, 0.15) is 29.3 Å². The molecule has 32 heavy (non-hydrogen) atoms. The lowest BCUT2D eigenvalue weighted by Crippen LogP contribution is -2.48. The van der Waals surface area contributed by atoms with E-state index < -0.39 is 16.7 Å². The van der Waals surface area contributed by atoms with Gasteiger partial charge in [-0.05, 0) is 25.1 Å². The second kappa shape index (κ2) is 8.94. The maximum absolute atomic E-state index is 12.5. The summed E-state index contributed by atoms with van der Waals surface area (Å²) in [4.78, 5) is 22.9. The third-order valence-corrected chi connectivity index (χ3v) is 5.22. The first-order chi connectivity index (χ1) is 15.4. The molecule has 11 heteroatoms. The van der Waals surface area contributed by atoms with Crippen LogP contribution < -0.4 is 15.4 Å². The number of rotatable bonds is 6. The summed E-state index contributed by atoms with van der Waals surface area (Å²) in [5, 5.41) is 41.3. The summed E-state index contributed by atoms with van der Waals surface area (Å²) in [5.74, 6) is -0.758. The normalized spacial score (nSPS) is 18.1. The first-order valence-corrected chi connectivity index (χ1v) is 9.82. The number of ether oxygens (including phenoxy) is 1. The predicted molar refractivity (Wildman–Crippen MR) is 111 cm³/mol. The molecule has 1 fully saturated rings. The Morgan fingerprint density at radius 2 is 2.03 bits per heavy atom. The summed E-state index contributed by atoms with van der Waals surface area (Å²) in [6, 6.07) is 9.06. The molecule has 166 valence electrons. The molecule has 0 spiro atoms. The molecule has 1 aliphatic rings. The fourth-order valence-corrected chi connectivity index (χ4v) is 3.72. The van der Waals surface area contributed by atoms with E-state index >= 15 is 0 Å². The van der Waals surface area contributed by atoms with Crippen LogP contribution in [0.4, 0.5) is 5.69 Å². The number of nitrogens with one attached hydrogen (secondary N) is 2. The Labute approximate surface area is 181 Å². The highest BCUT2D eigenvalue weighted by Gasteiger charge is 2.33. The average molecular weight is 440 g/mol. The molecule has 1 amide bonds. The zero-order valence-electron chi connectivity index (χ0n) is 16.7. The fraction of sp³-hybridized carbons (Fsp3) is 0.238. The Kier molecular flexibility index (Phi) is 5.90. The van der Waals surface area contributed by atoms with Crippen molar-refractivity contribution in [2.45, 2.75) is 18.4 Å². The molecule has 3 aromatic rings. The van der Waals surface area contributed by atoms with Gasteiger partial charge >= 0.3 is 0 Å². The minimum Gasteiger partial charge on any atom is -0.508 e. The summed E-state index contributed by atoms with van der Waals surface area (Å²) in [6.45, 7) is 1.08. The minimum atomic E-state index is -0.523. The van der Waals surface area contributed by atoms with E-state index in [4.69, 9.17) is 9.26 Å². The molecule has 2 heterocycles. The zero-order valence-corrected chi connectivity index (χ0v) is 16.7. The van der Waals surface area contributed by atoms with Crippen LogP contribution in [0.3, 0.4) is 0 Å². The van der Waals surface area contributed by atoms with Gasteiger partial charge in [-0.1, -0.05) is 5.16 Å². The smallest absolute Gasteiger partial charge is 0.273 e. The summed E-state index contributed by atoms with van der Waals surface area (Å²) in [7, 11) is 0. The molecular formula is C21H20N4O7. The molecule has 1 aliphatic heterocycles. The zero-order chi connectivity index (χ0) is 22.7. The van der Waals surface area contributed by atoms with Crippen molar-refractivity contribution >= 4 is 11.6 Å². The summed E-state index contributed by atoms with van der Waals surface area (Å²) < 4.78 is 10.6. The number of hydrogen-bond acceptors (Lipinski definition) is 9. The fourth-order valence-electron chi connectivity index (χ4n) is 3.72. The van der Waals surface area contributed by atoms with Crippen molar-refractivity contribution in [3.8, 4) is 23.0 Å². The van der Waals surface area contributed by atoms with Crippen LogP contribution >= 0.6 is 0 Å². The van der Waals surface area contributed by atoms with Gasteiger partial charge in [-0.25, -0.2) is 0 Å². The number of nitro groups is 1. The quantitative estimate of drug-likeness (QED) is 0.334. The number of amides is 1. The van der Waals surface area contributed by atoms with Gasteiger partial charge in [0.15, 0.2) is 5.69 Å². The summed E-state index contributed by atoms with van der Waals surface area (Å²) in [6.07, 6.45) is 1.88. The largest absolute Gasteiger partial charge is 0.508 e. The van der Waals surface area contributed by atoms with Crippen molar-refractivity contribution in [1.29, 1.82) is 0 Å². The SMILES string of the molecule is O=C(NC1CCNCC1c1c(O)cc(O)cc1Oc1ccc([N+](=O)[O-])cc1)c1ccon1. The molecule has 2 atom stereocenters. The highest BCUT2D eigenvalue weighted by atomic mass is 16.6. The number of benzene rings is 2. The number of hydrogen-bond donors (Lipinski definition) is 4. The Bertz CT molecular complexity index is 1120. The number of aromatic hydroxyl groups is 2. The molecule has 4 N–H and O–H groups in total. The lowest BCUT2D eigenvalue weighted by atomic mass is 9.85. The van der Waals surface area contributed by atoms with E-state index in [1.807, 2.05) is 0 Å². The van der Waals surface area contributed by atoms with Gasteiger partial charge in [0, 0.05) is 54.4 Å². The van der Waals surface area contributed by atoms with Crippen LogP contribution in [0.15, 0.2) is 53.3 Å². The summed E-state index contributed by atoms with van der Waals surface area (Å²) >= 11 is 0. The van der Waals surface area contributed by atoms with Gasteiger partial charge in [-0.2, -0.15) is 0 Å². The van der Waals surface area contributed by atoms with Crippen LogP contribution in [-0.4, -0.2) is 45.3 Å². The van der Waals surface area contributed by atoms with Crippen LogP contribution in [0.25, 0.3) is 0 Å². The van der Waals surface area contributed by atoms with Gasteiger partial charge < -0.3 is 30.1 Å². The molecule has 0 aliphatic carbocycles. The van der Waals surface area contributed by atoms with Crippen molar-refractivity contribution in [3.05, 3.63) is 70.1 Å². The summed E-state index contributed by atoms with van der Waals surface area (Å²) in [5.41, 5.74) is 0.432. The predicted octanol–water partition coefficient (Wildman–Crippen LogP) is 2.66. The Morgan fingerprint density at radius 3 is 2.72 bits per heavy atom. The molecule has 4 rings (SSSR count). The third kappa shape index (κ3) is 4.47. The maximum atomic E-state index is 12.5. The number of nitro benzene ring substituents is 1. The van der Waals surface area contributed by atoms with Gasteiger partial charge in [-0.15, -0.1) is 0 Å². The van der Waals surface area contributed by atoms with E-state index in [0.717, 1.165) is 0 Å². The first-order valence-electron chi connectivity index (χ1n) is 9.82. The van der Waals surface area contributed by atoms with E-state index in [1.165, 1.54) is 48.7 Å². The molecular weight excluding hydrogens is 420 g/mol. The molecule has 2 aromatic carbocycles. The van der Waals surface area contributed by atoms with Crippen LogP contribution in [0.2, 0.25) is 0 Å². The molecule has 1 saturated heterocycles. The van der Waals surface area contributed by atoms with Gasteiger partial charge in [-0.3, -0.25) is 14.9 Å². The molecule has 11 nitrogen and oxygen atoms in total.